The highest BCUT2D eigenvalue weighted by Crippen LogP contribution is 2.33. The summed E-state index contributed by atoms with van der Waals surface area (Å²) in [5.41, 5.74) is 5.45. The Morgan fingerprint density at radius 3 is 2.32 bits per heavy atom. The van der Waals surface area contributed by atoms with Crippen molar-refractivity contribution in [2.24, 2.45) is 5.73 Å². The van der Waals surface area contributed by atoms with E-state index in [0.717, 1.165) is 0 Å². The Labute approximate surface area is 134 Å². The van der Waals surface area contributed by atoms with Crippen molar-refractivity contribution >= 4 is 27.5 Å². The molecule has 0 saturated carbocycles. The molecule has 0 aliphatic rings. The third kappa shape index (κ3) is 4.25. The number of amides is 1. The first-order chi connectivity index (χ1) is 10.3. The number of hydrogen-bond acceptors (Lipinski definition) is 5. The molecule has 1 atom stereocenters. The van der Waals surface area contributed by atoms with E-state index in [1.165, 1.54) is 26.4 Å². The lowest BCUT2D eigenvalue weighted by Crippen LogP contribution is -2.28. The van der Waals surface area contributed by atoms with E-state index in [4.69, 9.17) is 26.8 Å². The summed E-state index contributed by atoms with van der Waals surface area (Å²) in [6.45, 7) is 1.88. The van der Waals surface area contributed by atoms with E-state index in [2.05, 4.69) is 4.72 Å². The highest BCUT2D eigenvalue weighted by molar-refractivity contribution is 7.89. The number of ether oxygens (including phenoxy) is 2. The summed E-state index contributed by atoms with van der Waals surface area (Å²) in [7, 11) is -0.945. The van der Waals surface area contributed by atoms with Crippen LogP contribution in [0.5, 0.6) is 11.5 Å². The molecule has 7 nitrogen and oxygen atoms in total. The summed E-state index contributed by atoms with van der Waals surface area (Å²) < 4.78 is 37.3. The lowest BCUT2D eigenvalue weighted by Gasteiger charge is -2.16. The summed E-state index contributed by atoms with van der Waals surface area (Å²) in [6, 6.07) is 2.80. The predicted molar refractivity (Wildman–Crippen MR) is 82.9 cm³/mol. The van der Waals surface area contributed by atoms with Gasteiger partial charge in [-0.2, -0.15) is 0 Å². The molecule has 124 valence electrons. The van der Waals surface area contributed by atoms with Crippen LogP contribution in [0.15, 0.2) is 17.0 Å². The fourth-order valence-electron chi connectivity index (χ4n) is 1.87. The van der Waals surface area contributed by atoms with Gasteiger partial charge in [-0.1, -0.05) is 6.92 Å². The zero-order valence-electron chi connectivity index (χ0n) is 12.6. The van der Waals surface area contributed by atoms with E-state index in [1.54, 1.807) is 6.92 Å². The van der Waals surface area contributed by atoms with Crippen LogP contribution in [0, 0.1) is 0 Å². The number of halogens is 1. The zero-order chi connectivity index (χ0) is 16.9. The highest BCUT2D eigenvalue weighted by Gasteiger charge is 2.24. The number of carbonyl (C=O) groups excluding carboxylic acids is 1. The lowest BCUT2D eigenvalue weighted by atomic mass is 10.1. The highest BCUT2D eigenvalue weighted by atomic mass is 35.5. The van der Waals surface area contributed by atoms with Crippen molar-refractivity contribution in [3.8, 4) is 11.5 Å². The minimum atomic E-state index is -3.77. The molecular weight excluding hydrogens is 332 g/mol. The first kappa shape index (κ1) is 18.5. The van der Waals surface area contributed by atoms with Gasteiger partial charge in [0.05, 0.1) is 19.1 Å². The van der Waals surface area contributed by atoms with Gasteiger partial charge in [0.25, 0.3) is 0 Å². The monoisotopic (exact) mass is 350 g/mol. The minimum absolute atomic E-state index is 0.0288. The molecule has 1 rings (SSSR count). The van der Waals surface area contributed by atoms with Crippen molar-refractivity contribution in [3.05, 3.63) is 17.7 Å². The molecule has 0 spiro atoms. The van der Waals surface area contributed by atoms with Crippen molar-refractivity contribution in [2.75, 3.05) is 20.8 Å². The predicted octanol–water partition coefficient (Wildman–Crippen LogP) is 0.637. The summed E-state index contributed by atoms with van der Waals surface area (Å²) in [4.78, 5) is 11.1. The second kappa shape index (κ2) is 7.66. The number of carbonyl (C=O) groups is 1. The molecule has 0 fully saturated rings. The van der Waals surface area contributed by atoms with Gasteiger partial charge < -0.3 is 15.2 Å². The standard InChI is InChI=1S/C13H19ClN2O5S/c1-4-16-22(18,19)12-7-11(21-3)10(20-2)6-8(12)5-9(14)13(15)17/h6-7,9,16H,4-5H2,1-3H3,(H2,15,17). The number of sulfonamides is 1. The van der Waals surface area contributed by atoms with E-state index < -0.39 is 21.3 Å². The SMILES string of the molecule is CCNS(=O)(=O)c1cc(OC)c(OC)cc1CC(Cl)C(N)=O. The van der Waals surface area contributed by atoms with Gasteiger partial charge in [-0.3, -0.25) is 4.79 Å². The molecule has 1 amide bonds. The van der Waals surface area contributed by atoms with Crippen LogP contribution in [0.3, 0.4) is 0 Å². The van der Waals surface area contributed by atoms with Crippen LogP contribution < -0.4 is 19.9 Å². The van der Waals surface area contributed by atoms with Crippen molar-refractivity contribution < 1.29 is 22.7 Å². The molecule has 0 saturated heterocycles. The summed E-state index contributed by atoms with van der Waals surface area (Å²) in [5, 5.41) is -1.03. The Morgan fingerprint density at radius 1 is 1.32 bits per heavy atom. The van der Waals surface area contributed by atoms with Gasteiger partial charge in [0.1, 0.15) is 5.38 Å². The van der Waals surface area contributed by atoms with Crippen LogP contribution in [0.4, 0.5) is 0 Å². The van der Waals surface area contributed by atoms with E-state index in [-0.39, 0.29) is 23.6 Å². The first-order valence-electron chi connectivity index (χ1n) is 6.44. The number of primary amides is 1. The summed E-state index contributed by atoms with van der Waals surface area (Å²) >= 11 is 5.86. The van der Waals surface area contributed by atoms with Gasteiger partial charge >= 0.3 is 0 Å². The molecule has 0 heterocycles. The molecule has 1 aromatic rings. The number of benzene rings is 1. The smallest absolute Gasteiger partial charge is 0.240 e. The second-order valence-electron chi connectivity index (χ2n) is 4.39. The fourth-order valence-corrected chi connectivity index (χ4v) is 3.32. The second-order valence-corrected chi connectivity index (χ2v) is 6.65. The Balaban J connectivity index is 3.46. The van der Waals surface area contributed by atoms with Crippen LogP contribution in [0.2, 0.25) is 0 Å². The molecule has 22 heavy (non-hydrogen) atoms. The van der Waals surface area contributed by atoms with Crippen molar-refractivity contribution in [1.82, 2.24) is 4.72 Å². The average Bonchev–Trinajstić information content (AvgIpc) is 2.46. The Bertz CT molecular complexity index is 648. The molecule has 3 N–H and O–H groups in total. The molecule has 0 radical (unpaired) electrons. The van der Waals surface area contributed by atoms with E-state index in [9.17, 15) is 13.2 Å². The summed E-state index contributed by atoms with van der Waals surface area (Å²) in [5.74, 6) is -0.141. The molecule has 0 aromatic heterocycles. The molecule has 1 unspecified atom stereocenters. The van der Waals surface area contributed by atoms with Gasteiger partial charge in [-0.15, -0.1) is 11.6 Å². The lowest BCUT2D eigenvalue weighted by molar-refractivity contribution is -0.117. The van der Waals surface area contributed by atoms with Crippen LogP contribution in [-0.2, 0) is 21.2 Å². The van der Waals surface area contributed by atoms with Crippen molar-refractivity contribution in [3.63, 3.8) is 0 Å². The Morgan fingerprint density at radius 2 is 1.86 bits per heavy atom. The maximum Gasteiger partial charge on any atom is 0.240 e. The third-order valence-electron chi connectivity index (χ3n) is 2.90. The van der Waals surface area contributed by atoms with Gasteiger partial charge in [0.15, 0.2) is 11.5 Å². The molecule has 1 aromatic carbocycles. The van der Waals surface area contributed by atoms with Gasteiger partial charge in [-0.05, 0) is 18.1 Å². The molecule has 0 aliphatic heterocycles. The number of hydrogen-bond donors (Lipinski definition) is 2. The minimum Gasteiger partial charge on any atom is -0.493 e. The van der Waals surface area contributed by atoms with E-state index in [0.29, 0.717) is 11.3 Å². The van der Waals surface area contributed by atoms with Gasteiger partial charge in [0, 0.05) is 12.6 Å². The number of methoxy groups -OCH3 is 2. The van der Waals surface area contributed by atoms with Gasteiger partial charge in [-0.25, -0.2) is 13.1 Å². The molecular formula is C13H19ClN2O5S. The topological polar surface area (TPSA) is 108 Å². The van der Waals surface area contributed by atoms with Crippen LogP contribution in [0.1, 0.15) is 12.5 Å². The Kier molecular flexibility index (Phi) is 6.46. The van der Waals surface area contributed by atoms with Crippen molar-refractivity contribution in [1.29, 1.82) is 0 Å². The molecule has 9 heteroatoms. The van der Waals surface area contributed by atoms with Gasteiger partial charge in [0.2, 0.25) is 15.9 Å². The molecule has 0 aliphatic carbocycles. The zero-order valence-corrected chi connectivity index (χ0v) is 14.1. The average molecular weight is 351 g/mol. The van der Waals surface area contributed by atoms with Crippen molar-refractivity contribution in [2.45, 2.75) is 23.6 Å². The van der Waals surface area contributed by atoms with Crippen LogP contribution in [-0.4, -0.2) is 40.5 Å². The number of nitrogens with one attached hydrogen (secondary N) is 1. The quantitative estimate of drug-likeness (QED) is 0.669. The normalized spacial score (nSPS) is 12.7. The van der Waals surface area contributed by atoms with Crippen LogP contribution in [0.25, 0.3) is 0 Å². The van der Waals surface area contributed by atoms with E-state index in [1.807, 2.05) is 0 Å². The summed E-state index contributed by atoms with van der Waals surface area (Å²) in [6.07, 6.45) is -0.0444. The third-order valence-corrected chi connectivity index (χ3v) is 4.90. The maximum atomic E-state index is 12.3. The number of nitrogens with two attached hydrogens (primary N) is 1. The molecule has 0 bridgehead atoms. The van der Waals surface area contributed by atoms with E-state index >= 15 is 0 Å². The Hall–Kier alpha value is -1.51. The largest absolute Gasteiger partial charge is 0.493 e. The number of rotatable bonds is 8. The van der Waals surface area contributed by atoms with Crippen LogP contribution >= 0.6 is 11.6 Å². The fraction of sp³-hybridized carbons (Fsp3) is 0.462. The maximum absolute atomic E-state index is 12.3. The first-order valence-corrected chi connectivity index (χ1v) is 8.36. The number of alkyl halides is 1.